The van der Waals surface area contributed by atoms with Gasteiger partial charge in [-0.1, -0.05) is 64.2 Å². The van der Waals surface area contributed by atoms with Gasteiger partial charge >= 0.3 is 0 Å². The lowest BCUT2D eigenvalue weighted by Crippen LogP contribution is -2.43. The third kappa shape index (κ3) is 3.96. The Bertz CT molecular complexity index is 618. The van der Waals surface area contributed by atoms with Crippen molar-refractivity contribution in [1.82, 2.24) is 4.90 Å². The lowest BCUT2D eigenvalue weighted by atomic mass is 9.83. The Hall–Kier alpha value is -1.64. The topological polar surface area (TPSA) is 37.4 Å². The van der Waals surface area contributed by atoms with E-state index in [0.717, 1.165) is 36.3 Å². The van der Waals surface area contributed by atoms with E-state index in [4.69, 9.17) is 0 Å². The molecular weight excluding hydrogens is 310 g/mol. The molecule has 0 N–H and O–H groups in total. The zero-order valence-corrected chi connectivity index (χ0v) is 15.7. The number of nitrogens with zero attached hydrogens (tertiary/aromatic N) is 1. The van der Waals surface area contributed by atoms with Crippen molar-refractivity contribution >= 4 is 11.7 Å². The molecule has 0 bridgehead atoms. The van der Waals surface area contributed by atoms with Crippen molar-refractivity contribution in [3.63, 3.8) is 0 Å². The van der Waals surface area contributed by atoms with Gasteiger partial charge in [0, 0.05) is 18.0 Å². The number of fused-ring (bicyclic) bond motifs is 1. The van der Waals surface area contributed by atoms with Crippen LogP contribution in [0.5, 0.6) is 0 Å². The smallest absolute Gasteiger partial charge is 0.255 e. The Kier molecular flexibility index (Phi) is 5.93. The molecule has 136 valence electrons. The van der Waals surface area contributed by atoms with E-state index in [-0.39, 0.29) is 23.7 Å². The molecule has 0 spiro atoms. The number of hydrogen-bond donors (Lipinski definition) is 0. The lowest BCUT2D eigenvalue weighted by molar-refractivity contribution is -0.127. The quantitative estimate of drug-likeness (QED) is 0.701. The minimum Gasteiger partial charge on any atom is -0.324 e. The highest BCUT2D eigenvalue weighted by Crippen LogP contribution is 2.32. The fraction of sp³-hybridized carbons (Fsp3) is 0.636. The molecule has 1 aromatic rings. The van der Waals surface area contributed by atoms with E-state index in [1.807, 2.05) is 36.1 Å². The van der Waals surface area contributed by atoms with Crippen molar-refractivity contribution in [3.05, 3.63) is 35.4 Å². The van der Waals surface area contributed by atoms with Crippen LogP contribution in [0.3, 0.4) is 0 Å². The van der Waals surface area contributed by atoms with E-state index in [1.54, 1.807) is 0 Å². The van der Waals surface area contributed by atoms with Crippen LogP contribution in [0.1, 0.15) is 81.1 Å². The molecule has 2 atom stereocenters. The van der Waals surface area contributed by atoms with Gasteiger partial charge in [0.1, 0.15) is 0 Å². The lowest BCUT2D eigenvalue weighted by Gasteiger charge is -2.31. The summed E-state index contributed by atoms with van der Waals surface area (Å²) in [5.74, 6) is 1.05. The molecule has 25 heavy (non-hydrogen) atoms. The average molecular weight is 341 g/mol. The van der Waals surface area contributed by atoms with Gasteiger partial charge in [0.05, 0.1) is 6.04 Å². The molecule has 1 heterocycles. The molecule has 3 nitrogen and oxygen atoms in total. The van der Waals surface area contributed by atoms with Crippen LogP contribution in [0.15, 0.2) is 24.3 Å². The van der Waals surface area contributed by atoms with Crippen molar-refractivity contribution < 1.29 is 9.59 Å². The van der Waals surface area contributed by atoms with Crippen molar-refractivity contribution in [2.24, 2.45) is 11.8 Å². The van der Waals surface area contributed by atoms with E-state index in [1.165, 1.54) is 32.1 Å². The second-order valence-corrected chi connectivity index (χ2v) is 7.90. The first-order chi connectivity index (χ1) is 12.1. The van der Waals surface area contributed by atoms with Crippen LogP contribution in [0.4, 0.5) is 0 Å². The van der Waals surface area contributed by atoms with Crippen LogP contribution in [0.25, 0.3) is 0 Å². The van der Waals surface area contributed by atoms with Crippen LogP contribution in [0, 0.1) is 11.8 Å². The van der Waals surface area contributed by atoms with Gasteiger partial charge in [0.2, 0.25) is 0 Å². The number of benzene rings is 1. The molecule has 2 aliphatic rings. The fourth-order valence-electron chi connectivity index (χ4n) is 4.38. The second kappa shape index (κ2) is 8.16. The number of amides is 1. The maximum atomic E-state index is 13.0. The highest BCUT2D eigenvalue weighted by Gasteiger charge is 2.37. The van der Waals surface area contributed by atoms with Crippen LogP contribution in [-0.4, -0.2) is 22.6 Å². The van der Waals surface area contributed by atoms with Crippen LogP contribution in [0.2, 0.25) is 0 Å². The number of rotatable bonds is 7. The van der Waals surface area contributed by atoms with Crippen LogP contribution < -0.4 is 0 Å². The maximum Gasteiger partial charge on any atom is 0.255 e. The van der Waals surface area contributed by atoms with Gasteiger partial charge in [0.15, 0.2) is 5.78 Å². The normalized spacial score (nSPS) is 20.4. The molecule has 1 aromatic carbocycles. The van der Waals surface area contributed by atoms with Crippen molar-refractivity contribution in [2.45, 2.75) is 77.8 Å². The summed E-state index contributed by atoms with van der Waals surface area (Å²) in [7, 11) is 0. The summed E-state index contributed by atoms with van der Waals surface area (Å²) in [6.07, 6.45) is 9.32. The summed E-state index contributed by atoms with van der Waals surface area (Å²) < 4.78 is 0. The average Bonchev–Trinajstić information content (AvgIpc) is 2.99. The third-order valence-electron chi connectivity index (χ3n) is 6.23. The first-order valence-corrected chi connectivity index (χ1v) is 10.0. The van der Waals surface area contributed by atoms with Gasteiger partial charge in [-0.2, -0.15) is 0 Å². The van der Waals surface area contributed by atoms with Gasteiger partial charge in [-0.3, -0.25) is 9.59 Å². The number of carbonyl (C=O) groups excluding carboxylic acids is 2. The Morgan fingerprint density at radius 3 is 2.60 bits per heavy atom. The molecule has 3 heteroatoms. The second-order valence-electron chi connectivity index (χ2n) is 7.90. The Balaban J connectivity index is 1.74. The highest BCUT2D eigenvalue weighted by molar-refractivity contribution is 6.01. The number of Topliss-reactive ketones (excluding diaryl/α,β-unsaturated/α-hetero) is 1. The SMILES string of the molecule is CCC(C)C(=O)[C@H](CCC1CCCCC1)N1Cc2ccccc2C1=O. The molecule has 1 amide bonds. The van der Waals surface area contributed by atoms with E-state index in [2.05, 4.69) is 6.92 Å². The molecule has 1 saturated carbocycles. The fourth-order valence-corrected chi connectivity index (χ4v) is 4.38. The Morgan fingerprint density at radius 2 is 1.92 bits per heavy atom. The molecule has 1 fully saturated rings. The van der Waals surface area contributed by atoms with Gasteiger partial charge in [-0.05, 0) is 36.8 Å². The molecular formula is C22H31NO2. The van der Waals surface area contributed by atoms with Gasteiger partial charge < -0.3 is 4.90 Å². The highest BCUT2D eigenvalue weighted by atomic mass is 16.2. The third-order valence-corrected chi connectivity index (χ3v) is 6.23. The summed E-state index contributed by atoms with van der Waals surface area (Å²) in [4.78, 5) is 27.8. The summed E-state index contributed by atoms with van der Waals surface area (Å²) in [6, 6.07) is 7.54. The standard InChI is InChI=1S/C22H31NO2/c1-3-16(2)21(24)20(14-13-17-9-5-4-6-10-17)23-15-18-11-7-8-12-19(18)22(23)25/h7-8,11-12,16-17,20H,3-6,9-10,13-15H2,1-2H3/t16?,20-/m0/s1. The predicted molar refractivity (Wildman–Crippen MR) is 100 cm³/mol. The Labute approximate surface area is 151 Å². The van der Waals surface area contributed by atoms with Crippen molar-refractivity contribution in [1.29, 1.82) is 0 Å². The zero-order chi connectivity index (χ0) is 17.8. The summed E-state index contributed by atoms with van der Waals surface area (Å²) in [5, 5.41) is 0. The first kappa shape index (κ1) is 18.2. The van der Waals surface area contributed by atoms with E-state index < -0.39 is 0 Å². The van der Waals surface area contributed by atoms with Gasteiger partial charge in [-0.25, -0.2) is 0 Å². The largest absolute Gasteiger partial charge is 0.324 e. The minimum absolute atomic E-state index is 0.0212. The van der Waals surface area contributed by atoms with E-state index in [9.17, 15) is 9.59 Å². The summed E-state index contributed by atoms with van der Waals surface area (Å²) >= 11 is 0. The van der Waals surface area contributed by atoms with E-state index >= 15 is 0 Å². The summed E-state index contributed by atoms with van der Waals surface area (Å²) in [5.41, 5.74) is 1.84. The minimum atomic E-state index is -0.253. The molecule has 1 aliphatic heterocycles. The maximum absolute atomic E-state index is 13.0. The van der Waals surface area contributed by atoms with Gasteiger partial charge in [-0.15, -0.1) is 0 Å². The number of ketones is 1. The molecule has 1 aliphatic carbocycles. The molecule has 0 aromatic heterocycles. The molecule has 3 rings (SSSR count). The summed E-state index contributed by atoms with van der Waals surface area (Å²) in [6.45, 7) is 4.65. The van der Waals surface area contributed by atoms with Crippen molar-refractivity contribution in [3.8, 4) is 0 Å². The number of hydrogen-bond acceptors (Lipinski definition) is 2. The molecule has 0 saturated heterocycles. The zero-order valence-electron chi connectivity index (χ0n) is 15.7. The number of carbonyl (C=O) groups is 2. The van der Waals surface area contributed by atoms with E-state index in [0.29, 0.717) is 6.54 Å². The first-order valence-electron chi connectivity index (χ1n) is 10.0. The predicted octanol–water partition coefficient (Wildman–Crippen LogP) is 4.99. The van der Waals surface area contributed by atoms with Crippen LogP contribution >= 0.6 is 0 Å². The van der Waals surface area contributed by atoms with Crippen LogP contribution in [-0.2, 0) is 11.3 Å². The monoisotopic (exact) mass is 341 g/mol. The molecule has 0 radical (unpaired) electrons. The molecule has 1 unspecified atom stereocenters. The van der Waals surface area contributed by atoms with Crippen molar-refractivity contribution in [2.75, 3.05) is 0 Å². The van der Waals surface area contributed by atoms with Gasteiger partial charge in [0.25, 0.3) is 5.91 Å². The Morgan fingerprint density at radius 1 is 1.20 bits per heavy atom.